The van der Waals surface area contributed by atoms with Crippen LogP contribution in [0, 0.1) is 0 Å². The molecule has 2 heterocycles. The molecule has 4 nitrogen and oxygen atoms in total. The van der Waals surface area contributed by atoms with Gasteiger partial charge in [-0.1, -0.05) is 19.1 Å². The lowest BCUT2D eigenvalue weighted by Crippen LogP contribution is -2.14. The second-order valence-electron chi connectivity index (χ2n) is 5.45. The minimum Gasteiger partial charge on any atom is -0.469 e. The average molecular weight is 284 g/mol. The van der Waals surface area contributed by atoms with Crippen molar-refractivity contribution in [1.82, 2.24) is 0 Å². The standard InChI is InChI=1S/C17H20N2O2/c1-2-15-13(8-9-21-15)17(18)12-6-7-14-11(10-12)4-3-5-16(20)19-14/h6-10,17H,2-5,18H2,1H3,(H,19,20). The Bertz CT molecular complexity index is 661. The molecule has 0 radical (unpaired) electrons. The maximum atomic E-state index is 11.6. The molecule has 0 fully saturated rings. The van der Waals surface area contributed by atoms with Crippen LogP contribution in [-0.2, 0) is 17.6 Å². The molecule has 1 amide bonds. The molecule has 0 saturated carbocycles. The van der Waals surface area contributed by atoms with Gasteiger partial charge >= 0.3 is 0 Å². The maximum absolute atomic E-state index is 11.6. The molecule has 110 valence electrons. The van der Waals surface area contributed by atoms with Crippen molar-refractivity contribution >= 4 is 11.6 Å². The second-order valence-corrected chi connectivity index (χ2v) is 5.45. The van der Waals surface area contributed by atoms with Gasteiger partial charge in [0.1, 0.15) is 5.76 Å². The van der Waals surface area contributed by atoms with Crippen LogP contribution in [-0.4, -0.2) is 5.91 Å². The number of fused-ring (bicyclic) bond motifs is 1. The number of amides is 1. The second kappa shape index (κ2) is 5.74. The fourth-order valence-electron chi connectivity index (χ4n) is 2.88. The van der Waals surface area contributed by atoms with Crippen molar-refractivity contribution in [2.75, 3.05) is 5.32 Å². The Labute approximate surface area is 124 Å². The Morgan fingerprint density at radius 3 is 3.00 bits per heavy atom. The van der Waals surface area contributed by atoms with Gasteiger partial charge in [0, 0.05) is 24.1 Å². The normalized spacial score (nSPS) is 16.0. The smallest absolute Gasteiger partial charge is 0.224 e. The minimum atomic E-state index is -0.192. The quantitative estimate of drug-likeness (QED) is 0.909. The molecule has 1 aromatic heterocycles. The van der Waals surface area contributed by atoms with Crippen molar-refractivity contribution in [2.24, 2.45) is 5.73 Å². The van der Waals surface area contributed by atoms with Gasteiger partial charge in [0.2, 0.25) is 5.91 Å². The first-order valence-electron chi connectivity index (χ1n) is 7.43. The van der Waals surface area contributed by atoms with Crippen molar-refractivity contribution < 1.29 is 9.21 Å². The summed E-state index contributed by atoms with van der Waals surface area (Å²) in [4.78, 5) is 11.6. The van der Waals surface area contributed by atoms with Crippen molar-refractivity contribution in [3.05, 3.63) is 53.0 Å². The van der Waals surface area contributed by atoms with E-state index < -0.39 is 0 Å². The largest absolute Gasteiger partial charge is 0.469 e. The summed E-state index contributed by atoms with van der Waals surface area (Å²) >= 11 is 0. The molecule has 1 atom stereocenters. The zero-order valence-corrected chi connectivity index (χ0v) is 12.2. The number of rotatable bonds is 3. The maximum Gasteiger partial charge on any atom is 0.224 e. The van der Waals surface area contributed by atoms with E-state index in [0.29, 0.717) is 6.42 Å². The summed E-state index contributed by atoms with van der Waals surface area (Å²) in [5.41, 5.74) is 10.6. The van der Waals surface area contributed by atoms with E-state index in [1.807, 2.05) is 18.2 Å². The first-order valence-corrected chi connectivity index (χ1v) is 7.43. The fourth-order valence-corrected chi connectivity index (χ4v) is 2.88. The number of benzene rings is 1. The number of carbonyl (C=O) groups excluding carboxylic acids is 1. The van der Waals surface area contributed by atoms with E-state index in [2.05, 4.69) is 18.3 Å². The predicted octanol–water partition coefficient (Wildman–Crippen LogP) is 3.16. The third-order valence-electron chi connectivity index (χ3n) is 4.05. The van der Waals surface area contributed by atoms with Crippen molar-refractivity contribution in [3.8, 4) is 0 Å². The molecule has 1 unspecified atom stereocenters. The van der Waals surface area contributed by atoms with Crippen LogP contribution < -0.4 is 11.1 Å². The van der Waals surface area contributed by atoms with Crippen LogP contribution in [0.3, 0.4) is 0 Å². The highest BCUT2D eigenvalue weighted by Gasteiger charge is 2.18. The van der Waals surface area contributed by atoms with Gasteiger partial charge in [0.05, 0.1) is 12.3 Å². The average Bonchev–Trinajstić information content (AvgIpc) is 2.88. The molecule has 4 heteroatoms. The molecule has 0 bridgehead atoms. The van der Waals surface area contributed by atoms with Crippen LogP contribution in [0.1, 0.15) is 48.3 Å². The first kappa shape index (κ1) is 13.9. The summed E-state index contributed by atoms with van der Waals surface area (Å²) in [5, 5.41) is 2.95. The molecule has 3 rings (SSSR count). The van der Waals surface area contributed by atoms with Crippen LogP contribution in [0.2, 0.25) is 0 Å². The number of aryl methyl sites for hydroxylation is 2. The van der Waals surface area contributed by atoms with Crippen LogP contribution in [0.5, 0.6) is 0 Å². The lowest BCUT2D eigenvalue weighted by molar-refractivity contribution is -0.116. The highest BCUT2D eigenvalue weighted by molar-refractivity contribution is 5.92. The van der Waals surface area contributed by atoms with E-state index in [0.717, 1.165) is 47.4 Å². The summed E-state index contributed by atoms with van der Waals surface area (Å²) in [5.74, 6) is 1.03. The van der Waals surface area contributed by atoms with E-state index in [9.17, 15) is 4.79 Å². The van der Waals surface area contributed by atoms with Gasteiger partial charge < -0.3 is 15.5 Å². The Balaban J connectivity index is 1.93. The third kappa shape index (κ3) is 2.72. The molecule has 3 N–H and O–H groups in total. The number of furan rings is 1. The molecule has 2 aromatic rings. The first-order chi connectivity index (χ1) is 10.2. The van der Waals surface area contributed by atoms with Gasteiger partial charge in [0.25, 0.3) is 0 Å². The zero-order valence-electron chi connectivity index (χ0n) is 12.2. The molecule has 21 heavy (non-hydrogen) atoms. The summed E-state index contributed by atoms with van der Waals surface area (Å²) in [6.07, 6.45) is 4.89. The summed E-state index contributed by atoms with van der Waals surface area (Å²) in [6, 6.07) is 7.80. The summed E-state index contributed by atoms with van der Waals surface area (Å²) < 4.78 is 5.47. The topological polar surface area (TPSA) is 68.3 Å². The van der Waals surface area contributed by atoms with E-state index in [1.54, 1.807) is 6.26 Å². The molecule has 0 aliphatic carbocycles. The predicted molar refractivity (Wildman–Crippen MR) is 82.1 cm³/mol. The monoisotopic (exact) mass is 284 g/mol. The Morgan fingerprint density at radius 1 is 1.33 bits per heavy atom. The molecule has 0 saturated heterocycles. The van der Waals surface area contributed by atoms with Crippen LogP contribution in [0.4, 0.5) is 5.69 Å². The van der Waals surface area contributed by atoms with Gasteiger partial charge in [-0.3, -0.25) is 4.79 Å². The van der Waals surface area contributed by atoms with Gasteiger partial charge in [-0.15, -0.1) is 0 Å². The van der Waals surface area contributed by atoms with E-state index >= 15 is 0 Å². The Morgan fingerprint density at radius 2 is 2.19 bits per heavy atom. The number of nitrogens with two attached hydrogens (primary N) is 1. The van der Waals surface area contributed by atoms with E-state index in [-0.39, 0.29) is 11.9 Å². The van der Waals surface area contributed by atoms with Crippen molar-refractivity contribution in [3.63, 3.8) is 0 Å². The van der Waals surface area contributed by atoms with Crippen LogP contribution in [0.25, 0.3) is 0 Å². The van der Waals surface area contributed by atoms with E-state index in [4.69, 9.17) is 10.2 Å². The van der Waals surface area contributed by atoms with Crippen molar-refractivity contribution in [1.29, 1.82) is 0 Å². The van der Waals surface area contributed by atoms with Crippen molar-refractivity contribution in [2.45, 2.75) is 38.6 Å². The summed E-state index contributed by atoms with van der Waals surface area (Å²) in [6.45, 7) is 2.06. The highest BCUT2D eigenvalue weighted by Crippen LogP contribution is 2.29. The highest BCUT2D eigenvalue weighted by atomic mass is 16.3. The number of nitrogens with one attached hydrogen (secondary N) is 1. The lowest BCUT2D eigenvalue weighted by atomic mass is 9.95. The van der Waals surface area contributed by atoms with Gasteiger partial charge in [-0.2, -0.15) is 0 Å². The minimum absolute atomic E-state index is 0.0916. The van der Waals surface area contributed by atoms with Gasteiger partial charge in [-0.05, 0) is 36.1 Å². The fraction of sp³-hybridized carbons (Fsp3) is 0.353. The molecular weight excluding hydrogens is 264 g/mol. The number of hydrogen-bond acceptors (Lipinski definition) is 3. The zero-order chi connectivity index (χ0) is 14.8. The van der Waals surface area contributed by atoms with Crippen LogP contribution in [0.15, 0.2) is 34.9 Å². The van der Waals surface area contributed by atoms with Gasteiger partial charge in [0.15, 0.2) is 0 Å². The number of carbonyl (C=O) groups is 1. The Hall–Kier alpha value is -2.07. The lowest BCUT2D eigenvalue weighted by Gasteiger charge is -2.15. The molecule has 1 aliphatic heterocycles. The molecule has 1 aromatic carbocycles. The molecular formula is C17H20N2O2. The van der Waals surface area contributed by atoms with Gasteiger partial charge in [-0.25, -0.2) is 0 Å². The summed E-state index contributed by atoms with van der Waals surface area (Å²) in [7, 11) is 0. The third-order valence-corrected chi connectivity index (χ3v) is 4.05. The Kier molecular flexibility index (Phi) is 3.80. The SMILES string of the molecule is CCc1occc1C(N)c1ccc2c(c1)CCCC(=O)N2. The van der Waals surface area contributed by atoms with E-state index in [1.165, 1.54) is 0 Å². The van der Waals surface area contributed by atoms with Crippen LogP contribution >= 0.6 is 0 Å². The molecule has 1 aliphatic rings. The molecule has 0 spiro atoms. The number of anilines is 1. The number of hydrogen-bond donors (Lipinski definition) is 2.